The number of unbranched alkanes of at least 4 members (excludes halogenated alkanes) is 1. The van der Waals surface area contributed by atoms with Crippen LogP contribution < -0.4 is 5.73 Å². The number of rotatable bonds is 8. The third-order valence-corrected chi connectivity index (χ3v) is 6.25. The summed E-state index contributed by atoms with van der Waals surface area (Å²) >= 11 is 0. The van der Waals surface area contributed by atoms with E-state index in [1.165, 1.54) is 13.1 Å². The maximum Gasteiger partial charge on any atom is 0.239 e. The van der Waals surface area contributed by atoms with Crippen molar-refractivity contribution in [2.45, 2.75) is 38.1 Å². The van der Waals surface area contributed by atoms with Crippen LogP contribution in [0.25, 0.3) is 0 Å². The van der Waals surface area contributed by atoms with Gasteiger partial charge in [-0.3, -0.25) is 0 Å². The SMILES string of the molecule is CCCCOCCCC1(c2ccccc2F)CS(=O)(=O)N(C)C(N)=N1. The van der Waals surface area contributed by atoms with Crippen LogP contribution in [0.4, 0.5) is 4.39 Å². The summed E-state index contributed by atoms with van der Waals surface area (Å²) in [7, 11) is -2.31. The highest BCUT2D eigenvalue weighted by atomic mass is 32.2. The third kappa shape index (κ3) is 4.49. The van der Waals surface area contributed by atoms with Crippen molar-refractivity contribution < 1.29 is 17.5 Å². The van der Waals surface area contributed by atoms with E-state index >= 15 is 0 Å². The van der Waals surface area contributed by atoms with E-state index in [0.29, 0.717) is 26.1 Å². The van der Waals surface area contributed by atoms with Crippen molar-refractivity contribution in [1.82, 2.24) is 4.31 Å². The Bertz CT molecular complexity index is 724. The van der Waals surface area contributed by atoms with Crippen LogP contribution in [0.2, 0.25) is 0 Å². The molecular formula is C17H26FN3O3S. The molecule has 0 aliphatic carbocycles. The van der Waals surface area contributed by atoms with Crippen LogP contribution in [0.15, 0.2) is 29.3 Å². The highest BCUT2D eigenvalue weighted by molar-refractivity contribution is 7.89. The van der Waals surface area contributed by atoms with Crippen molar-refractivity contribution in [2.75, 3.05) is 26.0 Å². The molecule has 2 N–H and O–H groups in total. The normalized spacial score (nSPS) is 22.7. The van der Waals surface area contributed by atoms with Crippen LogP contribution >= 0.6 is 0 Å². The molecule has 1 heterocycles. The second-order valence-corrected chi connectivity index (χ2v) is 8.27. The van der Waals surface area contributed by atoms with Gasteiger partial charge in [-0.25, -0.2) is 22.1 Å². The van der Waals surface area contributed by atoms with Crippen LogP contribution in [0, 0.1) is 5.82 Å². The van der Waals surface area contributed by atoms with Gasteiger partial charge in [0, 0.05) is 25.8 Å². The summed E-state index contributed by atoms with van der Waals surface area (Å²) in [6.45, 7) is 3.22. The maximum absolute atomic E-state index is 14.4. The molecule has 140 valence electrons. The molecule has 2 rings (SSSR count). The molecule has 0 fully saturated rings. The molecule has 0 saturated carbocycles. The first-order chi connectivity index (χ1) is 11.8. The van der Waals surface area contributed by atoms with Crippen LogP contribution in [-0.2, 0) is 20.3 Å². The molecule has 1 aliphatic rings. The average Bonchev–Trinajstić information content (AvgIpc) is 2.56. The van der Waals surface area contributed by atoms with E-state index in [1.807, 2.05) is 0 Å². The van der Waals surface area contributed by atoms with E-state index in [0.717, 1.165) is 17.1 Å². The summed E-state index contributed by atoms with van der Waals surface area (Å²) in [6.07, 6.45) is 2.93. The third-order valence-electron chi connectivity index (χ3n) is 4.39. The van der Waals surface area contributed by atoms with E-state index in [9.17, 15) is 12.8 Å². The van der Waals surface area contributed by atoms with E-state index in [4.69, 9.17) is 10.5 Å². The standard InChI is InChI=1S/C17H26FN3O3S/c1-3-4-11-24-12-7-10-17(14-8-5-6-9-15(14)18)13-25(22,23)21(2)16(19)20-17/h5-6,8-9H,3-4,7,10-13H2,1-2H3,(H2,19,20). The Kier molecular flexibility index (Phi) is 6.40. The lowest BCUT2D eigenvalue weighted by atomic mass is 9.87. The predicted molar refractivity (Wildman–Crippen MR) is 96.2 cm³/mol. The summed E-state index contributed by atoms with van der Waals surface area (Å²) in [6, 6.07) is 6.13. The van der Waals surface area contributed by atoms with E-state index in [-0.39, 0.29) is 17.3 Å². The van der Waals surface area contributed by atoms with Crippen molar-refractivity contribution >= 4 is 16.0 Å². The number of hydrogen-bond donors (Lipinski definition) is 1. The molecular weight excluding hydrogens is 345 g/mol. The van der Waals surface area contributed by atoms with E-state index in [1.54, 1.807) is 18.2 Å². The topological polar surface area (TPSA) is 85.0 Å². The summed E-state index contributed by atoms with van der Waals surface area (Å²) in [5.41, 5.74) is 4.86. The van der Waals surface area contributed by atoms with E-state index < -0.39 is 21.4 Å². The second kappa shape index (κ2) is 8.14. The monoisotopic (exact) mass is 371 g/mol. The van der Waals surface area contributed by atoms with Gasteiger partial charge in [-0.05, 0) is 25.3 Å². The molecule has 1 unspecified atom stereocenters. The van der Waals surface area contributed by atoms with Gasteiger partial charge < -0.3 is 10.5 Å². The molecule has 0 saturated heterocycles. The first-order valence-corrected chi connectivity index (χ1v) is 10.1. The highest BCUT2D eigenvalue weighted by Crippen LogP contribution is 2.37. The molecule has 1 aromatic carbocycles. The fourth-order valence-electron chi connectivity index (χ4n) is 2.92. The summed E-state index contributed by atoms with van der Waals surface area (Å²) < 4.78 is 45.9. The molecule has 0 amide bonds. The molecule has 0 aromatic heterocycles. The number of hydrogen-bond acceptors (Lipinski definition) is 5. The molecule has 1 atom stereocenters. The van der Waals surface area contributed by atoms with Crippen LogP contribution in [0.5, 0.6) is 0 Å². The Balaban J connectivity index is 2.29. The lowest BCUT2D eigenvalue weighted by Crippen LogP contribution is -2.51. The Morgan fingerprint density at radius 3 is 2.64 bits per heavy atom. The smallest absolute Gasteiger partial charge is 0.239 e. The number of halogens is 1. The van der Waals surface area contributed by atoms with Gasteiger partial charge in [0.15, 0.2) is 0 Å². The highest BCUT2D eigenvalue weighted by Gasteiger charge is 2.44. The number of ether oxygens (including phenoxy) is 1. The molecule has 0 bridgehead atoms. The van der Waals surface area contributed by atoms with E-state index in [2.05, 4.69) is 11.9 Å². The minimum atomic E-state index is -3.66. The zero-order chi connectivity index (χ0) is 18.5. The number of aliphatic imine (C=N–C) groups is 1. The number of nitrogens with two attached hydrogens (primary N) is 1. The first-order valence-electron chi connectivity index (χ1n) is 8.47. The fraction of sp³-hybridized carbons (Fsp3) is 0.588. The molecule has 25 heavy (non-hydrogen) atoms. The molecule has 6 nitrogen and oxygen atoms in total. The average molecular weight is 371 g/mol. The van der Waals surface area contributed by atoms with Crippen molar-refractivity contribution in [2.24, 2.45) is 10.7 Å². The molecule has 0 radical (unpaired) electrons. The summed E-state index contributed by atoms with van der Waals surface area (Å²) in [5.74, 6) is -0.917. The first kappa shape index (κ1) is 19.7. The molecule has 1 aliphatic heterocycles. The quantitative estimate of drug-likeness (QED) is 0.710. The fourth-order valence-corrected chi connectivity index (χ4v) is 4.40. The Hall–Kier alpha value is -1.67. The Morgan fingerprint density at radius 2 is 2.00 bits per heavy atom. The predicted octanol–water partition coefficient (Wildman–Crippen LogP) is 2.21. The number of nitrogens with zero attached hydrogens (tertiary/aromatic N) is 2. The van der Waals surface area contributed by atoms with Crippen LogP contribution in [0.1, 0.15) is 38.2 Å². The molecule has 0 spiro atoms. The van der Waals surface area contributed by atoms with Crippen molar-refractivity contribution in [3.8, 4) is 0 Å². The zero-order valence-electron chi connectivity index (χ0n) is 14.7. The van der Waals surface area contributed by atoms with Gasteiger partial charge in [-0.2, -0.15) is 0 Å². The van der Waals surface area contributed by atoms with Gasteiger partial charge in [-0.1, -0.05) is 31.5 Å². The molecule has 8 heteroatoms. The minimum Gasteiger partial charge on any atom is -0.381 e. The summed E-state index contributed by atoms with van der Waals surface area (Å²) in [4.78, 5) is 4.40. The van der Waals surface area contributed by atoms with Crippen molar-refractivity contribution in [1.29, 1.82) is 0 Å². The van der Waals surface area contributed by atoms with Crippen LogP contribution in [-0.4, -0.2) is 44.7 Å². The largest absolute Gasteiger partial charge is 0.381 e. The van der Waals surface area contributed by atoms with Gasteiger partial charge in [0.1, 0.15) is 11.4 Å². The second-order valence-electron chi connectivity index (χ2n) is 6.27. The number of guanidine groups is 1. The van der Waals surface area contributed by atoms with Crippen molar-refractivity contribution in [3.05, 3.63) is 35.6 Å². The van der Waals surface area contributed by atoms with Gasteiger partial charge in [0.05, 0.1) is 5.75 Å². The Morgan fingerprint density at radius 1 is 1.32 bits per heavy atom. The Labute approximate surface area is 148 Å². The maximum atomic E-state index is 14.4. The van der Waals surface area contributed by atoms with Gasteiger partial charge in [0.2, 0.25) is 16.0 Å². The lowest BCUT2D eigenvalue weighted by Gasteiger charge is -2.37. The number of benzene rings is 1. The van der Waals surface area contributed by atoms with Gasteiger partial charge in [-0.15, -0.1) is 0 Å². The minimum absolute atomic E-state index is 0.124. The van der Waals surface area contributed by atoms with Crippen LogP contribution in [0.3, 0.4) is 0 Å². The van der Waals surface area contributed by atoms with Gasteiger partial charge in [0.25, 0.3) is 0 Å². The number of sulfonamides is 1. The zero-order valence-corrected chi connectivity index (χ0v) is 15.6. The van der Waals surface area contributed by atoms with Gasteiger partial charge >= 0.3 is 0 Å². The lowest BCUT2D eigenvalue weighted by molar-refractivity contribution is 0.122. The molecule has 1 aromatic rings. The summed E-state index contributed by atoms with van der Waals surface area (Å²) in [5, 5.41) is 0. The van der Waals surface area contributed by atoms with Crippen molar-refractivity contribution in [3.63, 3.8) is 0 Å².